The van der Waals surface area contributed by atoms with Gasteiger partial charge in [0.2, 0.25) is 0 Å². The molecule has 2 aromatic rings. The van der Waals surface area contributed by atoms with E-state index < -0.39 is 23.2 Å². The monoisotopic (exact) mass is 297 g/mol. The maximum Gasteiger partial charge on any atom is 0.433 e. The number of carbonyl (C=O) groups excluding carboxylic acids is 1. The van der Waals surface area contributed by atoms with E-state index in [-0.39, 0.29) is 11.3 Å². The molecule has 0 saturated carbocycles. The minimum atomic E-state index is -4.54. The fourth-order valence-electron chi connectivity index (χ4n) is 1.58. The number of aryl methyl sites for hydroxylation is 1. The second-order valence-corrected chi connectivity index (χ2v) is 4.28. The largest absolute Gasteiger partial charge is 0.433 e. The number of alkyl halides is 3. The van der Waals surface area contributed by atoms with Crippen LogP contribution in [0.1, 0.15) is 21.7 Å². The fraction of sp³-hybridized carbons (Fsp3) is 0.154. The molecule has 0 atom stereocenters. The highest BCUT2D eigenvalue weighted by atomic mass is 19.4. The predicted octanol–water partition coefficient (Wildman–Crippen LogP) is 2.35. The van der Waals surface area contributed by atoms with E-state index in [9.17, 15) is 22.8 Å². The molecule has 1 amide bonds. The summed E-state index contributed by atoms with van der Waals surface area (Å²) in [6.45, 7) is 1.66. The molecule has 0 aromatic carbocycles. The van der Waals surface area contributed by atoms with Gasteiger partial charge in [-0.2, -0.15) is 13.2 Å². The van der Waals surface area contributed by atoms with Crippen LogP contribution in [0.5, 0.6) is 0 Å². The summed E-state index contributed by atoms with van der Waals surface area (Å²) in [6.07, 6.45) is -2.43. The van der Waals surface area contributed by atoms with Crippen LogP contribution in [0.4, 0.5) is 18.9 Å². The van der Waals surface area contributed by atoms with Crippen LogP contribution in [0.2, 0.25) is 0 Å². The Morgan fingerprint density at radius 3 is 2.57 bits per heavy atom. The lowest BCUT2D eigenvalue weighted by Crippen LogP contribution is -2.21. The van der Waals surface area contributed by atoms with E-state index in [1.54, 1.807) is 6.92 Å². The molecule has 2 aromatic heterocycles. The lowest BCUT2D eigenvalue weighted by Gasteiger charge is -2.07. The Morgan fingerprint density at radius 2 is 2.05 bits per heavy atom. The normalized spacial score (nSPS) is 11.2. The van der Waals surface area contributed by atoms with Crippen LogP contribution >= 0.6 is 0 Å². The molecule has 0 aliphatic heterocycles. The average Bonchev–Trinajstić information content (AvgIpc) is 2.38. The van der Waals surface area contributed by atoms with Gasteiger partial charge in [-0.25, -0.2) is 4.98 Å². The van der Waals surface area contributed by atoms with E-state index in [4.69, 9.17) is 0 Å². The van der Waals surface area contributed by atoms with Gasteiger partial charge in [-0.15, -0.1) is 0 Å². The summed E-state index contributed by atoms with van der Waals surface area (Å²) in [5, 5.41) is 2.31. The highest BCUT2D eigenvalue weighted by Gasteiger charge is 2.32. The average molecular weight is 297 g/mol. The molecular formula is C13H10F3N3O2. The minimum absolute atomic E-state index is 0.0629. The summed E-state index contributed by atoms with van der Waals surface area (Å²) in [4.78, 5) is 29.4. The first-order valence-electron chi connectivity index (χ1n) is 5.81. The third kappa shape index (κ3) is 3.47. The SMILES string of the molecule is Cc1cc(=O)c(C(=O)Nc2ccc(C(F)(F)F)nc2)c[nH]1. The van der Waals surface area contributed by atoms with Gasteiger partial charge in [0, 0.05) is 18.0 Å². The summed E-state index contributed by atoms with van der Waals surface area (Å²) >= 11 is 0. The zero-order chi connectivity index (χ0) is 15.6. The Morgan fingerprint density at radius 1 is 1.33 bits per heavy atom. The van der Waals surface area contributed by atoms with Crippen molar-refractivity contribution in [1.29, 1.82) is 0 Å². The van der Waals surface area contributed by atoms with Crippen molar-refractivity contribution in [1.82, 2.24) is 9.97 Å². The van der Waals surface area contributed by atoms with Crippen molar-refractivity contribution in [2.45, 2.75) is 13.1 Å². The number of aromatic nitrogens is 2. The summed E-state index contributed by atoms with van der Waals surface area (Å²) in [5.41, 5.74) is -1.03. The van der Waals surface area contributed by atoms with E-state index in [1.165, 1.54) is 12.3 Å². The summed E-state index contributed by atoms with van der Waals surface area (Å²) in [5.74, 6) is -0.724. The van der Waals surface area contributed by atoms with Crippen LogP contribution in [0.25, 0.3) is 0 Å². The molecular weight excluding hydrogens is 287 g/mol. The molecule has 110 valence electrons. The van der Waals surface area contributed by atoms with E-state index in [2.05, 4.69) is 15.3 Å². The van der Waals surface area contributed by atoms with E-state index in [1.807, 2.05) is 0 Å². The number of hydrogen-bond donors (Lipinski definition) is 2. The highest BCUT2D eigenvalue weighted by molar-refractivity contribution is 6.03. The minimum Gasteiger partial charge on any atom is -0.364 e. The lowest BCUT2D eigenvalue weighted by atomic mass is 10.2. The highest BCUT2D eigenvalue weighted by Crippen LogP contribution is 2.27. The fourth-order valence-corrected chi connectivity index (χ4v) is 1.58. The van der Waals surface area contributed by atoms with Crippen molar-refractivity contribution < 1.29 is 18.0 Å². The van der Waals surface area contributed by atoms with E-state index >= 15 is 0 Å². The van der Waals surface area contributed by atoms with Crippen molar-refractivity contribution in [3.05, 3.63) is 57.8 Å². The molecule has 2 rings (SSSR count). The standard InChI is InChI=1S/C13H10F3N3O2/c1-7-4-10(20)9(6-17-7)12(21)19-8-2-3-11(18-5-8)13(14,15)16/h2-6H,1H3,(H,17,20)(H,19,21). The Bertz CT molecular complexity index is 721. The number of nitrogens with zero attached hydrogens (tertiary/aromatic N) is 1. The van der Waals surface area contributed by atoms with E-state index in [0.717, 1.165) is 18.3 Å². The van der Waals surface area contributed by atoms with Gasteiger partial charge in [-0.05, 0) is 19.1 Å². The van der Waals surface area contributed by atoms with E-state index in [0.29, 0.717) is 5.69 Å². The zero-order valence-electron chi connectivity index (χ0n) is 10.8. The number of anilines is 1. The van der Waals surface area contributed by atoms with Gasteiger partial charge in [0.25, 0.3) is 5.91 Å². The molecule has 2 heterocycles. The van der Waals surface area contributed by atoms with Crippen LogP contribution < -0.4 is 10.7 Å². The molecule has 0 radical (unpaired) electrons. The van der Waals surface area contributed by atoms with Crippen LogP contribution in [0, 0.1) is 6.92 Å². The van der Waals surface area contributed by atoms with Gasteiger partial charge in [-0.1, -0.05) is 0 Å². The maximum atomic E-state index is 12.3. The third-order valence-electron chi connectivity index (χ3n) is 2.61. The number of hydrogen-bond acceptors (Lipinski definition) is 3. The Balaban J connectivity index is 2.18. The molecule has 0 fully saturated rings. The Hall–Kier alpha value is -2.64. The van der Waals surface area contributed by atoms with Crippen LogP contribution in [0.15, 0.2) is 35.4 Å². The van der Waals surface area contributed by atoms with Crippen molar-refractivity contribution in [2.75, 3.05) is 5.32 Å². The van der Waals surface area contributed by atoms with Crippen molar-refractivity contribution in [3.63, 3.8) is 0 Å². The molecule has 0 unspecified atom stereocenters. The summed E-state index contributed by atoms with van der Waals surface area (Å²) in [7, 11) is 0. The quantitative estimate of drug-likeness (QED) is 0.893. The molecule has 0 saturated heterocycles. The Labute approximate surface area is 116 Å². The molecule has 8 heteroatoms. The van der Waals surface area contributed by atoms with Crippen LogP contribution in [0.3, 0.4) is 0 Å². The van der Waals surface area contributed by atoms with Gasteiger partial charge in [0.05, 0.1) is 11.9 Å². The number of pyridine rings is 2. The smallest absolute Gasteiger partial charge is 0.364 e. The van der Waals surface area contributed by atoms with Crippen molar-refractivity contribution >= 4 is 11.6 Å². The van der Waals surface area contributed by atoms with Crippen molar-refractivity contribution in [3.8, 4) is 0 Å². The zero-order valence-corrected chi connectivity index (χ0v) is 10.8. The summed E-state index contributed by atoms with van der Waals surface area (Å²) < 4.78 is 37.0. The second kappa shape index (κ2) is 5.39. The first kappa shape index (κ1) is 14.8. The number of aromatic amines is 1. The molecule has 0 aliphatic carbocycles. The lowest BCUT2D eigenvalue weighted by molar-refractivity contribution is -0.141. The number of carbonyl (C=O) groups is 1. The number of nitrogens with one attached hydrogen (secondary N) is 2. The molecule has 5 nitrogen and oxygen atoms in total. The number of H-pyrrole nitrogens is 1. The van der Waals surface area contributed by atoms with Gasteiger partial charge in [0.15, 0.2) is 5.43 Å². The van der Waals surface area contributed by atoms with Gasteiger partial charge in [0.1, 0.15) is 11.3 Å². The molecule has 0 aliphatic rings. The van der Waals surface area contributed by atoms with Crippen LogP contribution in [-0.4, -0.2) is 15.9 Å². The predicted molar refractivity (Wildman–Crippen MR) is 69.0 cm³/mol. The second-order valence-electron chi connectivity index (χ2n) is 4.28. The summed E-state index contributed by atoms with van der Waals surface area (Å²) in [6, 6.07) is 3.06. The topological polar surface area (TPSA) is 74.8 Å². The Kier molecular flexibility index (Phi) is 3.79. The van der Waals surface area contributed by atoms with Crippen molar-refractivity contribution in [2.24, 2.45) is 0 Å². The third-order valence-corrected chi connectivity index (χ3v) is 2.61. The van der Waals surface area contributed by atoms with Gasteiger partial charge < -0.3 is 10.3 Å². The molecule has 21 heavy (non-hydrogen) atoms. The number of rotatable bonds is 2. The molecule has 0 spiro atoms. The maximum absolute atomic E-state index is 12.3. The molecule has 0 bridgehead atoms. The van der Waals surface area contributed by atoms with Crippen LogP contribution in [-0.2, 0) is 6.18 Å². The van der Waals surface area contributed by atoms with Gasteiger partial charge in [-0.3, -0.25) is 9.59 Å². The first-order chi connectivity index (χ1) is 9.77. The molecule has 2 N–H and O–H groups in total. The van der Waals surface area contributed by atoms with Gasteiger partial charge >= 0.3 is 6.18 Å². The number of amides is 1. The first-order valence-corrected chi connectivity index (χ1v) is 5.81. The number of halogens is 3.